The van der Waals surface area contributed by atoms with Crippen LogP contribution in [0.1, 0.15) is 11.7 Å². The molecule has 1 atom stereocenters. The molecule has 90 valence electrons. The summed E-state index contributed by atoms with van der Waals surface area (Å²) in [6.45, 7) is 0. The van der Waals surface area contributed by atoms with Gasteiger partial charge in [0.15, 0.2) is 9.84 Å². The number of benzene rings is 1. The molecule has 0 radical (unpaired) electrons. The number of alkyl halides is 2. The third-order valence-corrected chi connectivity index (χ3v) is 8.13. The number of rotatable bonds is 3. The maximum absolute atomic E-state index is 11.5. The first-order chi connectivity index (χ1) is 7.16. The van der Waals surface area contributed by atoms with Crippen LogP contribution >= 0.6 is 47.8 Å². The Bertz CT molecular complexity index is 467. The molecule has 0 spiro atoms. The predicted octanol–water partition coefficient (Wildman–Crippen LogP) is 2.97. The summed E-state index contributed by atoms with van der Waals surface area (Å²) in [5, 5.41) is 9.99. The quantitative estimate of drug-likeness (QED) is 0.741. The largest absolute Gasteiger partial charge is 0.385 e. The van der Waals surface area contributed by atoms with Gasteiger partial charge in [-0.15, -0.1) is 0 Å². The fourth-order valence-electron chi connectivity index (χ4n) is 1.04. The maximum Gasteiger partial charge on any atom is 0.210 e. The molecule has 16 heavy (non-hydrogen) atoms. The normalized spacial score (nSPS) is 14.8. The molecule has 0 aromatic heterocycles. The fraction of sp³-hybridized carbons (Fsp3) is 0.333. The summed E-state index contributed by atoms with van der Waals surface area (Å²) in [5.74, 6) is 0. The van der Waals surface area contributed by atoms with E-state index in [0.717, 1.165) is 10.7 Å². The van der Waals surface area contributed by atoms with Gasteiger partial charge in [-0.2, -0.15) is 0 Å². The molecule has 3 nitrogen and oxygen atoms in total. The molecule has 0 bridgehead atoms. The van der Waals surface area contributed by atoms with Crippen LogP contribution in [0.5, 0.6) is 0 Å². The van der Waals surface area contributed by atoms with Crippen LogP contribution in [-0.2, 0) is 9.84 Å². The predicted molar refractivity (Wildman–Crippen MR) is 74.5 cm³/mol. The van der Waals surface area contributed by atoms with Crippen molar-refractivity contribution in [3.63, 3.8) is 0 Å². The van der Waals surface area contributed by atoms with Gasteiger partial charge in [-0.25, -0.2) is 8.42 Å². The Morgan fingerprint density at radius 2 is 1.69 bits per heavy atom. The maximum atomic E-state index is 11.5. The van der Waals surface area contributed by atoms with E-state index in [0.29, 0.717) is 5.56 Å². The lowest BCUT2D eigenvalue weighted by Gasteiger charge is -2.25. The third-order valence-electron chi connectivity index (χ3n) is 2.00. The van der Waals surface area contributed by atoms with Gasteiger partial charge in [0.25, 0.3) is 0 Å². The van der Waals surface area contributed by atoms with Gasteiger partial charge in [0, 0.05) is 10.7 Å². The monoisotopic (exact) mass is 434 g/mol. The van der Waals surface area contributed by atoms with Crippen molar-refractivity contribution < 1.29 is 13.5 Å². The molecule has 1 aromatic carbocycles. The van der Waals surface area contributed by atoms with E-state index in [1.807, 2.05) is 0 Å². The van der Waals surface area contributed by atoms with E-state index < -0.39 is 18.5 Å². The van der Waals surface area contributed by atoms with Crippen LogP contribution in [0.15, 0.2) is 28.7 Å². The van der Waals surface area contributed by atoms with E-state index in [9.17, 15) is 13.5 Å². The Hall–Kier alpha value is 0.570. The highest BCUT2D eigenvalue weighted by molar-refractivity contribution is 9.27. The van der Waals surface area contributed by atoms with Gasteiger partial charge < -0.3 is 5.11 Å². The van der Waals surface area contributed by atoms with Gasteiger partial charge >= 0.3 is 0 Å². The average molecular weight is 437 g/mol. The van der Waals surface area contributed by atoms with Gasteiger partial charge in [0.2, 0.25) is 2.57 Å². The van der Waals surface area contributed by atoms with Crippen LogP contribution in [0.3, 0.4) is 0 Å². The van der Waals surface area contributed by atoms with E-state index in [1.54, 1.807) is 24.3 Å². The smallest absolute Gasteiger partial charge is 0.210 e. The topological polar surface area (TPSA) is 54.4 Å². The Labute approximate surface area is 120 Å². The molecule has 1 aromatic rings. The molecule has 7 heteroatoms. The zero-order chi connectivity index (χ0) is 12.6. The van der Waals surface area contributed by atoms with E-state index in [2.05, 4.69) is 47.8 Å². The van der Waals surface area contributed by atoms with Crippen molar-refractivity contribution in [3.05, 3.63) is 34.3 Å². The summed E-state index contributed by atoms with van der Waals surface area (Å²) in [7, 11) is -3.49. The SMILES string of the molecule is CS(=O)(=O)C(Br)(Br)[C@@H](O)c1ccc(Br)cc1. The molecule has 1 N–H and O–H groups in total. The standard InChI is InChI=1S/C9H9Br3O3S/c1-16(14,15)9(11,12)8(13)6-2-4-7(10)5-3-6/h2-5,8,13H,1H3/t8-/m0/s1. The average Bonchev–Trinajstić information content (AvgIpc) is 2.16. The Morgan fingerprint density at radius 1 is 1.25 bits per heavy atom. The molecule has 1 rings (SSSR count). The van der Waals surface area contributed by atoms with Crippen molar-refractivity contribution in [2.75, 3.05) is 6.26 Å². The summed E-state index contributed by atoms with van der Waals surface area (Å²) < 4.78 is 22.2. The van der Waals surface area contributed by atoms with Crippen LogP contribution in [-0.4, -0.2) is 22.3 Å². The molecule has 0 amide bonds. The molecular weight excluding hydrogens is 428 g/mol. The summed E-state index contributed by atoms with van der Waals surface area (Å²) in [6.07, 6.45) is -0.158. The molecule has 0 unspecified atom stereocenters. The summed E-state index contributed by atoms with van der Waals surface area (Å²) >= 11 is 9.24. The van der Waals surface area contributed by atoms with Crippen molar-refractivity contribution in [1.29, 1.82) is 0 Å². The molecule has 0 fully saturated rings. The number of aliphatic hydroxyl groups is 1. The minimum absolute atomic E-state index is 0.502. The van der Waals surface area contributed by atoms with Crippen LogP contribution in [0.25, 0.3) is 0 Å². The van der Waals surface area contributed by atoms with Crippen molar-refractivity contribution in [1.82, 2.24) is 0 Å². The van der Waals surface area contributed by atoms with Crippen molar-refractivity contribution >= 4 is 57.6 Å². The molecule has 0 aliphatic carbocycles. The van der Waals surface area contributed by atoms with Gasteiger partial charge in [0.05, 0.1) is 0 Å². The highest BCUT2D eigenvalue weighted by Gasteiger charge is 2.43. The van der Waals surface area contributed by atoms with Crippen molar-refractivity contribution in [2.45, 2.75) is 8.67 Å². The van der Waals surface area contributed by atoms with Crippen LogP contribution in [0.4, 0.5) is 0 Å². The van der Waals surface area contributed by atoms with E-state index in [1.165, 1.54) is 0 Å². The van der Waals surface area contributed by atoms with Gasteiger partial charge in [-0.3, -0.25) is 0 Å². The lowest BCUT2D eigenvalue weighted by molar-refractivity contribution is 0.189. The first kappa shape index (κ1) is 14.6. The highest BCUT2D eigenvalue weighted by Crippen LogP contribution is 2.43. The Morgan fingerprint density at radius 3 is 2.06 bits per heavy atom. The first-order valence-electron chi connectivity index (χ1n) is 4.17. The zero-order valence-electron chi connectivity index (χ0n) is 8.19. The van der Waals surface area contributed by atoms with E-state index in [-0.39, 0.29) is 0 Å². The van der Waals surface area contributed by atoms with Crippen molar-refractivity contribution in [2.24, 2.45) is 0 Å². The van der Waals surface area contributed by atoms with Crippen molar-refractivity contribution in [3.8, 4) is 0 Å². The zero-order valence-corrected chi connectivity index (χ0v) is 13.8. The fourth-order valence-corrected chi connectivity index (χ4v) is 2.38. The van der Waals surface area contributed by atoms with Crippen LogP contribution in [0, 0.1) is 0 Å². The molecule has 0 aliphatic rings. The molecule has 0 saturated heterocycles. The summed E-state index contributed by atoms with van der Waals surface area (Å²) in [6, 6.07) is 6.77. The lowest BCUT2D eigenvalue weighted by atomic mass is 10.1. The number of aliphatic hydroxyl groups excluding tert-OH is 1. The minimum atomic E-state index is -3.49. The second kappa shape index (κ2) is 5.06. The number of sulfone groups is 1. The van der Waals surface area contributed by atoms with E-state index >= 15 is 0 Å². The van der Waals surface area contributed by atoms with Gasteiger partial charge in [-0.1, -0.05) is 59.9 Å². The second-order valence-electron chi connectivity index (χ2n) is 3.29. The summed E-state index contributed by atoms with van der Waals surface area (Å²) in [5.41, 5.74) is 0.502. The molecule has 0 aliphatic heterocycles. The summed E-state index contributed by atoms with van der Waals surface area (Å²) in [4.78, 5) is 0. The van der Waals surface area contributed by atoms with Gasteiger partial charge in [0.1, 0.15) is 6.10 Å². The molecule has 0 heterocycles. The molecule has 0 saturated carbocycles. The second-order valence-corrected chi connectivity index (χ2v) is 11.0. The number of hydrogen-bond acceptors (Lipinski definition) is 3. The van der Waals surface area contributed by atoms with E-state index in [4.69, 9.17) is 0 Å². The lowest BCUT2D eigenvalue weighted by Crippen LogP contribution is -2.31. The first-order valence-corrected chi connectivity index (χ1v) is 8.44. The number of hydrogen-bond donors (Lipinski definition) is 1. The Balaban J connectivity index is 3.12. The van der Waals surface area contributed by atoms with Crippen LogP contribution < -0.4 is 0 Å². The third kappa shape index (κ3) is 3.07. The molecular formula is C9H9Br3O3S. The minimum Gasteiger partial charge on any atom is -0.385 e. The number of halogens is 3. The highest BCUT2D eigenvalue weighted by atomic mass is 79.9. The van der Waals surface area contributed by atoms with Gasteiger partial charge in [-0.05, 0) is 17.7 Å². The van der Waals surface area contributed by atoms with Crippen LogP contribution in [0.2, 0.25) is 0 Å². The Kier molecular flexibility index (Phi) is 4.62.